The van der Waals surface area contributed by atoms with Crippen LogP contribution in [0.5, 0.6) is 0 Å². The highest BCUT2D eigenvalue weighted by Gasteiger charge is 2.60. The lowest BCUT2D eigenvalue weighted by molar-refractivity contribution is -0.150. The van der Waals surface area contributed by atoms with Crippen LogP contribution < -0.4 is 0 Å². The number of carbonyl (C=O) groups excluding carboxylic acids is 3. The largest absolute Gasteiger partial charge is 0.469 e. The van der Waals surface area contributed by atoms with Crippen molar-refractivity contribution in [2.75, 3.05) is 7.11 Å². The van der Waals surface area contributed by atoms with Crippen LogP contribution in [0.25, 0.3) is 0 Å². The molecule has 0 amide bonds. The molecule has 5 nitrogen and oxygen atoms in total. The van der Waals surface area contributed by atoms with E-state index in [-0.39, 0.29) is 40.1 Å². The Kier molecular flexibility index (Phi) is 6.23. The van der Waals surface area contributed by atoms with E-state index in [9.17, 15) is 14.4 Å². The predicted octanol–water partition coefficient (Wildman–Crippen LogP) is 5.69. The molecule has 5 atom stereocenters. The van der Waals surface area contributed by atoms with E-state index < -0.39 is 0 Å². The summed E-state index contributed by atoms with van der Waals surface area (Å²) in [6.07, 6.45) is 5.21. The summed E-state index contributed by atoms with van der Waals surface area (Å²) < 4.78 is 10.5. The quantitative estimate of drug-likeness (QED) is 0.519. The standard InChI is InChI=1S/C29H40O5/c1-17(8-13-25(32)33-7)20-14-15-28(5)22-11-10-21-19(26(22)23(31)16-29(20,28)6)9-12-24(27(21,3)4)34-18(2)30/h10-11,17,20,24H,8-9,12-16H2,1-7H3. The van der Waals surface area contributed by atoms with Crippen LogP contribution in [-0.2, 0) is 36.3 Å². The molecule has 0 aliphatic heterocycles. The Balaban J connectivity index is 1.72. The van der Waals surface area contributed by atoms with Gasteiger partial charge in [-0.1, -0.05) is 46.8 Å². The third-order valence-corrected chi connectivity index (χ3v) is 9.93. The highest BCUT2D eigenvalue weighted by molar-refractivity contribution is 6.02. The SMILES string of the molecule is COC(=O)CCC(C)C1CCC2(C)c3ccc4c(c3C(=O)CC12C)CCC(OC(C)=O)C4(C)C. The summed E-state index contributed by atoms with van der Waals surface area (Å²) in [4.78, 5) is 37.3. The smallest absolute Gasteiger partial charge is 0.305 e. The topological polar surface area (TPSA) is 69.7 Å². The Hall–Kier alpha value is -2.17. The zero-order chi connectivity index (χ0) is 25.1. The van der Waals surface area contributed by atoms with Crippen molar-refractivity contribution in [2.45, 2.75) is 103 Å². The fourth-order valence-corrected chi connectivity index (χ4v) is 7.71. The summed E-state index contributed by atoms with van der Waals surface area (Å²) in [5.74, 6) is 0.573. The molecule has 0 spiro atoms. The molecule has 186 valence electrons. The Morgan fingerprint density at radius 2 is 1.79 bits per heavy atom. The van der Waals surface area contributed by atoms with Crippen molar-refractivity contribution in [1.29, 1.82) is 0 Å². The van der Waals surface area contributed by atoms with Crippen molar-refractivity contribution in [1.82, 2.24) is 0 Å². The lowest BCUT2D eigenvalue weighted by Crippen LogP contribution is -2.49. The number of benzene rings is 1. The second kappa shape index (κ2) is 8.49. The van der Waals surface area contributed by atoms with E-state index >= 15 is 0 Å². The number of methoxy groups -OCH3 is 1. The molecule has 3 aliphatic rings. The number of hydrogen-bond donors (Lipinski definition) is 0. The van der Waals surface area contributed by atoms with Crippen LogP contribution in [-0.4, -0.2) is 30.9 Å². The molecule has 0 saturated heterocycles. The average molecular weight is 469 g/mol. The van der Waals surface area contributed by atoms with Gasteiger partial charge in [0.05, 0.1) is 7.11 Å². The molecule has 4 rings (SSSR count). The zero-order valence-corrected chi connectivity index (χ0v) is 21.9. The third-order valence-electron chi connectivity index (χ3n) is 9.93. The summed E-state index contributed by atoms with van der Waals surface area (Å²) in [7, 11) is 1.44. The van der Waals surface area contributed by atoms with E-state index in [1.54, 1.807) is 0 Å². The number of ketones is 1. The fraction of sp³-hybridized carbons (Fsp3) is 0.690. The predicted molar refractivity (Wildman–Crippen MR) is 131 cm³/mol. The minimum Gasteiger partial charge on any atom is -0.469 e. The third kappa shape index (κ3) is 3.61. The Morgan fingerprint density at radius 3 is 2.44 bits per heavy atom. The monoisotopic (exact) mass is 468 g/mol. The first-order valence-electron chi connectivity index (χ1n) is 12.8. The molecule has 0 bridgehead atoms. The maximum atomic E-state index is 13.8. The van der Waals surface area contributed by atoms with Gasteiger partial charge in [-0.05, 0) is 71.5 Å². The molecule has 1 aromatic rings. The van der Waals surface area contributed by atoms with Gasteiger partial charge in [-0.15, -0.1) is 0 Å². The number of fused-ring (bicyclic) bond motifs is 5. The summed E-state index contributed by atoms with van der Waals surface area (Å²) in [6, 6.07) is 4.39. The van der Waals surface area contributed by atoms with Crippen molar-refractivity contribution in [3.05, 3.63) is 34.4 Å². The number of esters is 2. The van der Waals surface area contributed by atoms with Crippen LogP contribution >= 0.6 is 0 Å². The number of Topliss-reactive ketones (excluding diaryl/α,β-unsaturated/α-hetero) is 1. The molecule has 34 heavy (non-hydrogen) atoms. The maximum Gasteiger partial charge on any atom is 0.305 e. The van der Waals surface area contributed by atoms with Gasteiger partial charge in [-0.3, -0.25) is 14.4 Å². The lowest BCUT2D eigenvalue weighted by Gasteiger charge is -2.51. The first-order chi connectivity index (χ1) is 15.9. The van der Waals surface area contributed by atoms with Crippen molar-refractivity contribution >= 4 is 17.7 Å². The number of hydrogen-bond acceptors (Lipinski definition) is 5. The molecule has 3 aliphatic carbocycles. The first-order valence-corrected chi connectivity index (χ1v) is 12.8. The van der Waals surface area contributed by atoms with Crippen LogP contribution in [0, 0.1) is 17.3 Å². The van der Waals surface area contributed by atoms with E-state index in [1.807, 2.05) is 0 Å². The Bertz CT molecular complexity index is 1020. The van der Waals surface area contributed by atoms with Crippen LogP contribution in [0.15, 0.2) is 12.1 Å². The van der Waals surface area contributed by atoms with Crippen LogP contribution in [0.3, 0.4) is 0 Å². The number of ether oxygens (including phenoxy) is 2. The minimum absolute atomic E-state index is 0.0770. The van der Waals surface area contributed by atoms with Gasteiger partial charge < -0.3 is 9.47 Å². The van der Waals surface area contributed by atoms with Gasteiger partial charge in [-0.2, -0.15) is 0 Å². The molecule has 0 aromatic heterocycles. The number of carbonyl (C=O) groups is 3. The molecule has 0 radical (unpaired) electrons. The van der Waals surface area contributed by atoms with Crippen LogP contribution in [0.4, 0.5) is 0 Å². The molecule has 5 heteroatoms. The van der Waals surface area contributed by atoms with E-state index in [0.29, 0.717) is 24.7 Å². The molecular formula is C29H40O5. The van der Waals surface area contributed by atoms with Gasteiger partial charge in [0.2, 0.25) is 0 Å². The van der Waals surface area contributed by atoms with Gasteiger partial charge in [0.25, 0.3) is 0 Å². The minimum atomic E-state index is -0.336. The zero-order valence-electron chi connectivity index (χ0n) is 21.9. The summed E-state index contributed by atoms with van der Waals surface area (Å²) in [5.41, 5.74) is 3.91. The van der Waals surface area contributed by atoms with E-state index in [4.69, 9.17) is 9.47 Å². The molecule has 5 unspecified atom stereocenters. The van der Waals surface area contributed by atoms with Crippen LogP contribution in [0.2, 0.25) is 0 Å². The second-order valence-electron chi connectivity index (χ2n) is 12.0. The summed E-state index contributed by atoms with van der Waals surface area (Å²) in [5, 5.41) is 0. The Labute approximate surface area is 204 Å². The Morgan fingerprint density at radius 1 is 1.12 bits per heavy atom. The second-order valence-corrected chi connectivity index (χ2v) is 12.0. The van der Waals surface area contributed by atoms with Gasteiger partial charge in [0, 0.05) is 30.7 Å². The summed E-state index contributed by atoms with van der Waals surface area (Å²) in [6.45, 7) is 12.6. The highest BCUT2D eigenvalue weighted by Crippen LogP contribution is 2.65. The van der Waals surface area contributed by atoms with E-state index in [0.717, 1.165) is 43.2 Å². The van der Waals surface area contributed by atoms with Crippen LogP contribution in [0.1, 0.15) is 107 Å². The van der Waals surface area contributed by atoms with Gasteiger partial charge >= 0.3 is 11.9 Å². The summed E-state index contributed by atoms with van der Waals surface area (Å²) >= 11 is 0. The normalized spacial score (nSPS) is 32.3. The molecule has 1 saturated carbocycles. The highest BCUT2D eigenvalue weighted by atomic mass is 16.5. The van der Waals surface area contributed by atoms with E-state index in [2.05, 4.69) is 46.8 Å². The maximum absolute atomic E-state index is 13.8. The van der Waals surface area contributed by atoms with Gasteiger partial charge in [-0.25, -0.2) is 0 Å². The fourth-order valence-electron chi connectivity index (χ4n) is 7.71. The van der Waals surface area contributed by atoms with Crippen molar-refractivity contribution < 1.29 is 23.9 Å². The molecule has 1 fully saturated rings. The van der Waals surface area contributed by atoms with Gasteiger partial charge in [0.1, 0.15) is 6.10 Å². The molecule has 0 N–H and O–H groups in total. The molecule has 0 heterocycles. The molecular weight excluding hydrogens is 428 g/mol. The van der Waals surface area contributed by atoms with Crippen molar-refractivity contribution in [3.63, 3.8) is 0 Å². The van der Waals surface area contributed by atoms with Crippen molar-refractivity contribution in [2.24, 2.45) is 17.3 Å². The number of rotatable bonds is 5. The van der Waals surface area contributed by atoms with E-state index in [1.165, 1.54) is 25.2 Å². The average Bonchev–Trinajstić information content (AvgIpc) is 3.04. The lowest BCUT2D eigenvalue weighted by atomic mass is 9.52. The molecule has 1 aromatic carbocycles. The first kappa shape index (κ1) is 24.9. The van der Waals surface area contributed by atoms with Gasteiger partial charge in [0.15, 0.2) is 5.78 Å². The van der Waals surface area contributed by atoms with Crippen molar-refractivity contribution in [3.8, 4) is 0 Å².